The highest BCUT2D eigenvalue weighted by Crippen LogP contribution is 2.37. The number of fused-ring (bicyclic) bond motifs is 1. The molecule has 2 aliphatic heterocycles. The first-order chi connectivity index (χ1) is 15.5. The van der Waals surface area contributed by atoms with E-state index in [1.165, 1.54) is 18.1 Å². The Morgan fingerprint density at radius 1 is 1.09 bits per heavy atom. The van der Waals surface area contributed by atoms with Gasteiger partial charge in [0.1, 0.15) is 0 Å². The number of benzene rings is 2. The maximum atomic E-state index is 12.6. The average molecular weight is 441 g/mol. The quantitative estimate of drug-likeness (QED) is 0.655. The predicted octanol–water partition coefficient (Wildman–Crippen LogP) is 1.64. The van der Waals surface area contributed by atoms with Crippen molar-refractivity contribution in [3.63, 3.8) is 0 Å². The molecule has 1 fully saturated rings. The van der Waals surface area contributed by atoms with Gasteiger partial charge >= 0.3 is 0 Å². The summed E-state index contributed by atoms with van der Waals surface area (Å²) in [4.78, 5) is 39.0. The molecule has 0 saturated carbocycles. The van der Waals surface area contributed by atoms with Gasteiger partial charge in [-0.15, -0.1) is 0 Å². The van der Waals surface area contributed by atoms with Crippen LogP contribution in [0.25, 0.3) is 0 Å². The van der Waals surface area contributed by atoms with Gasteiger partial charge in [0.25, 0.3) is 5.91 Å². The number of methoxy groups -OCH3 is 1. The van der Waals surface area contributed by atoms with E-state index in [4.69, 9.17) is 18.9 Å². The maximum Gasteiger partial charge on any atom is 0.269 e. The number of ether oxygens (including phenoxy) is 4. The Morgan fingerprint density at radius 2 is 1.91 bits per heavy atom. The van der Waals surface area contributed by atoms with Crippen LogP contribution in [0.2, 0.25) is 0 Å². The number of hydrazine groups is 1. The fraction of sp³-hybridized carbons (Fsp3) is 0.318. The smallest absolute Gasteiger partial charge is 0.269 e. The van der Waals surface area contributed by atoms with E-state index in [1.54, 1.807) is 30.3 Å². The van der Waals surface area contributed by atoms with Crippen molar-refractivity contribution in [1.82, 2.24) is 10.9 Å². The van der Waals surface area contributed by atoms with Crippen LogP contribution in [0.15, 0.2) is 36.4 Å². The first-order valence-corrected chi connectivity index (χ1v) is 10.1. The number of rotatable bonds is 6. The fourth-order valence-corrected chi connectivity index (χ4v) is 3.56. The molecule has 0 aromatic heterocycles. The van der Waals surface area contributed by atoms with Crippen molar-refractivity contribution >= 4 is 23.4 Å². The first kappa shape index (κ1) is 21.3. The minimum Gasteiger partial charge on any atom is -0.493 e. The van der Waals surface area contributed by atoms with Crippen LogP contribution in [-0.4, -0.2) is 44.8 Å². The molecule has 10 nitrogen and oxygen atoms in total. The normalized spacial score (nSPS) is 16.6. The average Bonchev–Trinajstić information content (AvgIpc) is 3.43. The summed E-state index contributed by atoms with van der Waals surface area (Å²) in [5, 5.41) is 0. The molecule has 2 aromatic rings. The van der Waals surface area contributed by atoms with Crippen molar-refractivity contribution in [1.29, 1.82) is 0 Å². The zero-order valence-corrected chi connectivity index (χ0v) is 17.7. The molecule has 2 aliphatic rings. The zero-order chi connectivity index (χ0) is 22.7. The van der Waals surface area contributed by atoms with Crippen LogP contribution in [0, 0.1) is 5.92 Å². The molecule has 10 heteroatoms. The molecule has 2 aromatic carbocycles. The van der Waals surface area contributed by atoms with Gasteiger partial charge in [-0.3, -0.25) is 25.2 Å². The monoisotopic (exact) mass is 441 g/mol. The molecule has 4 rings (SSSR count). The van der Waals surface area contributed by atoms with Gasteiger partial charge in [0, 0.05) is 30.3 Å². The van der Waals surface area contributed by atoms with Crippen LogP contribution in [0.1, 0.15) is 23.7 Å². The van der Waals surface area contributed by atoms with Gasteiger partial charge in [0.05, 0.1) is 19.6 Å². The number of hydrogen-bond donors (Lipinski definition) is 2. The van der Waals surface area contributed by atoms with Gasteiger partial charge in [-0.2, -0.15) is 0 Å². The van der Waals surface area contributed by atoms with Crippen molar-refractivity contribution in [3.8, 4) is 23.0 Å². The van der Waals surface area contributed by atoms with Crippen LogP contribution >= 0.6 is 0 Å². The Balaban J connectivity index is 1.35. The van der Waals surface area contributed by atoms with E-state index in [0.717, 1.165) is 0 Å². The molecule has 1 saturated heterocycles. The molecular formula is C22H23N3O7. The van der Waals surface area contributed by atoms with Crippen molar-refractivity contribution in [3.05, 3.63) is 42.0 Å². The molecule has 0 spiro atoms. The van der Waals surface area contributed by atoms with Crippen LogP contribution in [0.3, 0.4) is 0 Å². The zero-order valence-electron chi connectivity index (χ0n) is 17.7. The number of hydrogen-bond acceptors (Lipinski definition) is 7. The Morgan fingerprint density at radius 3 is 2.69 bits per heavy atom. The Bertz CT molecular complexity index is 1060. The van der Waals surface area contributed by atoms with E-state index in [-0.39, 0.29) is 31.2 Å². The molecule has 1 unspecified atom stereocenters. The third-order valence-electron chi connectivity index (χ3n) is 5.19. The summed E-state index contributed by atoms with van der Waals surface area (Å²) in [6.45, 7) is 2.63. The third-order valence-corrected chi connectivity index (χ3v) is 5.19. The SMILES string of the molecule is CCOc1ccc(C(=O)NNC(=O)C2CC(=O)N(c3ccc4c(c3)OCO4)C2)cc1OC. The van der Waals surface area contributed by atoms with Crippen molar-refractivity contribution in [2.45, 2.75) is 13.3 Å². The van der Waals surface area contributed by atoms with Crippen molar-refractivity contribution < 1.29 is 33.3 Å². The number of nitrogens with zero attached hydrogens (tertiary/aromatic N) is 1. The minimum absolute atomic E-state index is 0.0347. The van der Waals surface area contributed by atoms with Crippen LogP contribution in [0.5, 0.6) is 23.0 Å². The van der Waals surface area contributed by atoms with E-state index in [0.29, 0.717) is 35.3 Å². The summed E-state index contributed by atoms with van der Waals surface area (Å²) in [6, 6.07) is 9.89. The Kier molecular flexibility index (Phi) is 6.02. The first-order valence-electron chi connectivity index (χ1n) is 10.1. The van der Waals surface area contributed by atoms with Gasteiger partial charge in [-0.05, 0) is 37.3 Å². The molecule has 2 N–H and O–H groups in total. The van der Waals surface area contributed by atoms with Crippen molar-refractivity contribution in [2.75, 3.05) is 32.0 Å². The standard InChI is InChI=1S/C22H23N3O7/c1-3-30-16-6-4-13(8-18(16)29-2)21(27)23-24-22(28)14-9-20(26)25(11-14)15-5-7-17-19(10-15)32-12-31-17/h4-8,10,14H,3,9,11-12H2,1-2H3,(H,23,27)(H,24,28). The van der Waals surface area contributed by atoms with Gasteiger partial charge in [-0.25, -0.2) is 0 Å². The second-order valence-electron chi connectivity index (χ2n) is 7.18. The van der Waals surface area contributed by atoms with E-state index in [1.807, 2.05) is 6.92 Å². The molecule has 0 radical (unpaired) electrons. The number of carbonyl (C=O) groups is 3. The molecule has 3 amide bonds. The maximum absolute atomic E-state index is 12.6. The highest BCUT2D eigenvalue weighted by molar-refractivity contribution is 6.01. The molecule has 2 heterocycles. The van der Waals surface area contributed by atoms with Crippen LogP contribution in [-0.2, 0) is 9.59 Å². The molecule has 32 heavy (non-hydrogen) atoms. The lowest BCUT2D eigenvalue weighted by atomic mass is 10.1. The lowest BCUT2D eigenvalue weighted by molar-refractivity contribution is -0.126. The van der Waals surface area contributed by atoms with E-state index in [9.17, 15) is 14.4 Å². The molecular weight excluding hydrogens is 418 g/mol. The molecule has 0 aliphatic carbocycles. The van der Waals surface area contributed by atoms with E-state index < -0.39 is 17.7 Å². The molecule has 1 atom stereocenters. The number of anilines is 1. The third kappa shape index (κ3) is 4.25. The fourth-order valence-electron chi connectivity index (χ4n) is 3.56. The van der Waals surface area contributed by atoms with Crippen LogP contribution in [0.4, 0.5) is 5.69 Å². The number of carbonyl (C=O) groups excluding carboxylic acids is 3. The van der Waals surface area contributed by atoms with E-state index >= 15 is 0 Å². The summed E-state index contributed by atoms with van der Waals surface area (Å²) < 4.78 is 21.3. The summed E-state index contributed by atoms with van der Waals surface area (Å²) in [6.07, 6.45) is 0.0347. The van der Waals surface area contributed by atoms with Gasteiger partial charge in [0.2, 0.25) is 18.6 Å². The van der Waals surface area contributed by atoms with Crippen molar-refractivity contribution in [2.24, 2.45) is 5.92 Å². The van der Waals surface area contributed by atoms with Crippen LogP contribution < -0.4 is 34.7 Å². The van der Waals surface area contributed by atoms with Gasteiger partial charge < -0.3 is 23.8 Å². The highest BCUT2D eigenvalue weighted by Gasteiger charge is 2.36. The minimum atomic E-state index is -0.608. The summed E-state index contributed by atoms with van der Waals surface area (Å²) in [5.41, 5.74) is 5.69. The topological polar surface area (TPSA) is 115 Å². The predicted molar refractivity (Wildman–Crippen MR) is 113 cm³/mol. The Labute approximate surface area is 184 Å². The highest BCUT2D eigenvalue weighted by atomic mass is 16.7. The largest absolute Gasteiger partial charge is 0.493 e. The lowest BCUT2D eigenvalue weighted by Crippen LogP contribution is -2.45. The molecule has 0 bridgehead atoms. The second-order valence-corrected chi connectivity index (χ2v) is 7.18. The van der Waals surface area contributed by atoms with Gasteiger partial charge in [-0.1, -0.05) is 0 Å². The Hall–Kier alpha value is -3.95. The summed E-state index contributed by atoms with van der Waals surface area (Å²) >= 11 is 0. The van der Waals surface area contributed by atoms with Gasteiger partial charge in [0.15, 0.2) is 23.0 Å². The van der Waals surface area contributed by atoms with E-state index in [2.05, 4.69) is 10.9 Å². The number of nitrogens with one attached hydrogen (secondary N) is 2. The number of amides is 3. The second kappa shape index (κ2) is 9.04. The molecule has 168 valence electrons. The lowest BCUT2D eigenvalue weighted by Gasteiger charge is -2.17. The summed E-state index contributed by atoms with van der Waals surface area (Å²) in [5.74, 6) is 0.332. The summed E-state index contributed by atoms with van der Waals surface area (Å²) in [7, 11) is 1.48.